The number of aryl methyl sites for hydroxylation is 1. The van der Waals surface area contributed by atoms with Crippen LogP contribution >= 0.6 is 0 Å². The minimum Gasteiger partial charge on any atom is -0.378 e. The van der Waals surface area contributed by atoms with E-state index in [-0.39, 0.29) is 5.56 Å². The summed E-state index contributed by atoms with van der Waals surface area (Å²) in [5.74, 6) is -0.645. The van der Waals surface area contributed by atoms with Crippen LogP contribution in [0, 0.1) is 6.92 Å². The summed E-state index contributed by atoms with van der Waals surface area (Å²) >= 11 is 0. The van der Waals surface area contributed by atoms with Crippen LogP contribution < -0.4 is 10.2 Å². The number of morpholine rings is 1. The van der Waals surface area contributed by atoms with Crippen LogP contribution in [0.15, 0.2) is 55.0 Å². The molecule has 0 bridgehead atoms. The fraction of sp³-hybridized carbons (Fsp3) is 0.320. The van der Waals surface area contributed by atoms with E-state index < -0.39 is 17.6 Å². The highest BCUT2D eigenvalue weighted by molar-refractivity contribution is 6.04. The molecule has 0 spiro atoms. The molecular weight excluding hydrogens is 445 g/mol. The van der Waals surface area contributed by atoms with Gasteiger partial charge >= 0.3 is 6.18 Å². The van der Waals surface area contributed by atoms with Gasteiger partial charge in [-0.2, -0.15) is 13.2 Å². The molecule has 9 heteroatoms. The molecule has 34 heavy (non-hydrogen) atoms. The molecule has 1 aromatic carbocycles. The topological polar surface area (TPSA) is 67.4 Å². The number of ether oxygens (including phenoxy) is 1. The number of halogens is 3. The van der Waals surface area contributed by atoms with Crippen molar-refractivity contribution in [3.63, 3.8) is 0 Å². The van der Waals surface area contributed by atoms with Gasteiger partial charge in [0.05, 0.1) is 42.5 Å². The first kappa shape index (κ1) is 25.2. The molecule has 0 atom stereocenters. The number of hydrogen-bond acceptors (Lipinski definition) is 5. The van der Waals surface area contributed by atoms with E-state index in [1.807, 2.05) is 26.8 Å². The highest BCUT2D eigenvalue weighted by atomic mass is 19.4. The Morgan fingerprint density at radius 2 is 1.79 bits per heavy atom. The average Bonchev–Trinajstić information content (AvgIpc) is 2.86. The van der Waals surface area contributed by atoms with E-state index in [4.69, 9.17) is 4.74 Å². The maximum Gasteiger partial charge on any atom is 0.416 e. The van der Waals surface area contributed by atoms with E-state index in [0.717, 1.165) is 47.7 Å². The highest BCUT2D eigenvalue weighted by Gasteiger charge is 2.30. The number of nitrogens with one attached hydrogen (secondary N) is 1. The molecule has 0 radical (unpaired) electrons. The quantitative estimate of drug-likeness (QED) is 0.537. The lowest BCUT2D eigenvalue weighted by molar-refractivity contribution is -0.137. The van der Waals surface area contributed by atoms with Gasteiger partial charge in [0.25, 0.3) is 5.91 Å². The van der Waals surface area contributed by atoms with Crippen molar-refractivity contribution >= 4 is 17.3 Å². The van der Waals surface area contributed by atoms with Crippen LogP contribution in [-0.4, -0.2) is 42.2 Å². The normalized spacial score (nSPS) is 13.6. The SMILES string of the molecule is CC.Cc1ncc(NC(=O)c2cccc(C(F)(F)F)c2)cc1-c1cncc(N2CCOCC2)c1. The first-order valence-electron chi connectivity index (χ1n) is 11.0. The molecule has 1 amide bonds. The minimum absolute atomic E-state index is 0.0852. The highest BCUT2D eigenvalue weighted by Crippen LogP contribution is 2.30. The van der Waals surface area contributed by atoms with E-state index in [2.05, 4.69) is 20.2 Å². The summed E-state index contributed by atoms with van der Waals surface area (Å²) in [5.41, 5.74) is 2.72. The number of benzene rings is 1. The van der Waals surface area contributed by atoms with Gasteiger partial charge in [0.1, 0.15) is 0 Å². The summed E-state index contributed by atoms with van der Waals surface area (Å²) in [6.45, 7) is 8.70. The van der Waals surface area contributed by atoms with Crippen LogP contribution in [0.2, 0.25) is 0 Å². The molecular formula is C25H27F3N4O2. The standard InChI is InChI=1S/C23H21F3N4O2.C2H6/c1-15-21(17-10-20(14-27-12-17)30-5-7-32-8-6-30)11-19(13-28-15)29-22(31)16-3-2-4-18(9-16)23(24,25)26;1-2/h2-4,9-14H,5-8H2,1H3,(H,29,31);1-2H3. The fourth-order valence-electron chi connectivity index (χ4n) is 3.50. The second-order valence-electron chi connectivity index (χ2n) is 7.42. The molecule has 1 aliphatic heterocycles. The number of alkyl halides is 3. The maximum absolute atomic E-state index is 13.0. The first-order valence-corrected chi connectivity index (χ1v) is 11.0. The zero-order chi connectivity index (χ0) is 24.7. The van der Waals surface area contributed by atoms with E-state index in [9.17, 15) is 18.0 Å². The predicted octanol–water partition coefficient (Wildman–Crippen LogP) is 5.59. The van der Waals surface area contributed by atoms with Crippen LogP contribution in [0.4, 0.5) is 24.5 Å². The van der Waals surface area contributed by atoms with Crippen molar-refractivity contribution in [1.29, 1.82) is 0 Å². The number of rotatable bonds is 4. The third kappa shape index (κ3) is 6.11. The molecule has 180 valence electrons. The predicted molar refractivity (Wildman–Crippen MR) is 126 cm³/mol. The third-order valence-electron chi connectivity index (χ3n) is 5.21. The van der Waals surface area contributed by atoms with Crippen LogP contribution in [0.1, 0.15) is 35.5 Å². The van der Waals surface area contributed by atoms with E-state index in [1.165, 1.54) is 18.3 Å². The Bertz CT molecular complexity index is 1130. The molecule has 0 unspecified atom stereocenters. The second kappa shape index (κ2) is 11.1. The molecule has 2 aromatic heterocycles. The number of nitrogens with zero attached hydrogens (tertiary/aromatic N) is 3. The Balaban J connectivity index is 0.00000158. The summed E-state index contributed by atoms with van der Waals surface area (Å²) < 4.78 is 44.3. The van der Waals surface area contributed by atoms with Gasteiger partial charge in [0.15, 0.2) is 0 Å². The Labute approximate surface area is 196 Å². The van der Waals surface area contributed by atoms with Gasteiger partial charge in [-0.15, -0.1) is 0 Å². The van der Waals surface area contributed by atoms with Crippen molar-refractivity contribution in [3.05, 3.63) is 71.8 Å². The molecule has 3 aromatic rings. The number of anilines is 2. The second-order valence-corrected chi connectivity index (χ2v) is 7.42. The number of hydrogen-bond donors (Lipinski definition) is 1. The zero-order valence-corrected chi connectivity index (χ0v) is 19.3. The maximum atomic E-state index is 13.0. The van der Waals surface area contributed by atoms with E-state index in [0.29, 0.717) is 18.9 Å². The van der Waals surface area contributed by atoms with Gasteiger partial charge in [0.2, 0.25) is 0 Å². The number of amides is 1. The fourth-order valence-corrected chi connectivity index (χ4v) is 3.50. The van der Waals surface area contributed by atoms with Crippen LogP contribution in [0.3, 0.4) is 0 Å². The summed E-state index contributed by atoms with van der Waals surface area (Å²) in [5, 5.41) is 2.64. The Hall–Kier alpha value is -3.46. The van der Waals surface area contributed by atoms with Crippen molar-refractivity contribution < 1.29 is 22.7 Å². The zero-order valence-electron chi connectivity index (χ0n) is 19.3. The minimum atomic E-state index is -4.52. The summed E-state index contributed by atoms with van der Waals surface area (Å²) in [6.07, 6.45) is 0.459. The van der Waals surface area contributed by atoms with Gasteiger partial charge in [0, 0.05) is 41.7 Å². The molecule has 1 fully saturated rings. The van der Waals surface area contributed by atoms with Gasteiger partial charge in [-0.3, -0.25) is 14.8 Å². The summed E-state index contributed by atoms with van der Waals surface area (Å²) in [6, 6.07) is 8.04. The average molecular weight is 473 g/mol. The molecule has 0 saturated carbocycles. The summed E-state index contributed by atoms with van der Waals surface area (Å²) in [7, 11) is 0. The van der Waals surface area contributed by atoms with Gasteiger partial charge in [-0.1, -0.05) is 19.9 Å². The van der Waals surface area contributed by atoms with Gasteiger partial charge < -0.3 is 15.0 Å². The lowest BCUT2D eigenvalue weighted by Gasteiger charge is -2.28. The van der Waals surface area contributed by atoms with Gasteiger partial charge in [-0.25, -0.2) is 0 Å². The van der Waals surface area contributed by atoms with E-state index >= 15 is 0 Å². The first-order chi connectivity index (χ1) is 16.3. The molecule has 1 saturated heterocycles. The van der Waals surface area contributed by atoms with Crippen LogP contribution in [-0.2, 0) is 10.9 Å². The largest absolute Gasteiger partial charge is 0.416 e. The Morgan fingerprint density at radius 1 is 1.06 bits per heavy atom. The van der Waals surface area contributed by atoms with Gasteiger partial charge in [-0.05, 0) is 37.3 Å². The van der Waals surface area contributed by atoms with Crippen LogP contribution in [0.5, 0.6) is 0 Å². The van der Waals surface area contributed by atoms with Crippen molar-refractivity contribution in [3.8, 4) is 11.1 Å². The summed E-state index contributed by atoms with van der Waals surface area (Å²) in [4.78, 5) is 23.4. The van der Waals surface area contributed by atoms with E-state index in [1.54, 1.807) is 18.5 Å². The number of carbonyl (C=O) groups excluding carboxylic acids is 1. The number of aromatic nitrogens is 2. The third-order valence-corrected chi connectivity index (χ3v) is 5.21. The number of carbonyl (C=O) groups is 1. The van der Waals surface area contributed by atoms with Crippen molar-refractivity contribution in [2.75, 3.05) is 36.5 Å². The Kier molecular flexibility index (Phi) is 8.22. The molecule has 3 heterocycles. The molecule has 1 N–H and O–H groups in total. The van der Waals surface area contributed by atoms with Crippen molar-refractivity contribution in [1.82, 2.24) is 9.97 Å². The smallest absolute Gasteiger partial charge is 0.378 e. The molecule has 1 aliphatic rings. The molecule has 4 rings (SSSR count). The lowest BCUT2D eigenvalue weighted by atomic mass is 10.0. The van der Waals surface area contributed by atoms with Crippen molar-refractivity contribution in [2.45, 2.75) is 26.9 Å². The lowest BCUT2D eigenvalue weighted by Crippen LogP contribution is -2.36. The monoisotopic (exact) mass is 472 g/mol. The number of pyridine rings is 2. The molecule has 0 aliphatic carbocycles. The van der Waals surface area contributed by atoms with Crippen LogP contribution in [0.25, 0.3) is 11.1 Å². The van der Waals surface area contributed by atoms with Crippen molar-refractivity contribution in [2.24, 2.45) is 0 Å². The Morgan fingerprint density at radius 3 is 2.50 bits per heavy atom. The molecule has 6 nitrogen and oxygen atoms in total.